The number of rotatable bonds is 4. The van der Waals surface area contributed by atoms with Crippen molar-refractivity contribution in [1.29, 1.82) is 5.26 Å². The number of aromatic nitrogens is 3. The predicted octanol–water partition coefficient (Wildman–Crippen LogP) is 2.06. The average molecular weight is 365 g/mol. The van der Waals surface area contributed by atoms with E-state index in [9.17, 15) is 14.0 Å². The minimum absolute atomic E-state index is 0.202. The van der Waals surface area contributed by atoms with Crippen LogP contribution in [0.5, 0.6) is 0 Å². The van der Waals surface area contributed by atoms with Gasteiger partial charge in [-0.15, -0.1) is 0 Å². The van der Waals surface area contributed by atoms with E-state index in [0.717, 1.165) is 0 Å². The fraction of sp³-hybridized carbons (Fsp3) is 0.211. The van der Waals surface area contributed by atoms with Crippen LogP contribution in [-0.4, -0.2) is 20.9 Å². The van der Waals surface area contributed by atoms with Crippen LogP contribution in [0.2, 0.25) is 0 Å². The van der Waals surface area contributed by atoms with Crippen LogP contribution in [0.4, 0.5) is 4.39 Å². The largest absolute Gasteiger partial charge is 0.346 e. The van der Waals surface area contributed by atoms with E-state index in [1.165, 1.54) is 24.5 Å². The van der Waals surface area contributed by atoms with Crippen molar-refractivity contribution in [3.05, 3.63) is 69.3 Å². The molecule has 0 aliphatic heterocycles. The second-order valence-electron chi connectivity index (χ2n) is 6.13. The fourth-order valence-electron chi connectivity index (χ4n) is 2.88. The lowest BCUT2D eigenvalue weighted by molar-refractivity contribution is -0.121. The number of aromatic amines is 1. The van der Waals surface area contributed by atoms with Crippen LogP contribution in [0.1, 0.15) is 35.5 Å². The van der Waals surface area contributed by atoms with Crippen molar-refractivity contribution in [3.63, 3.8) is 0 Å². The predicted molar refractivity (Wildman–Crippen MR) is 96.3 cm³/mol. The van der Waals surface area contributed by atoms with E-state index in [4.69, 9.17) is 5.26 Å². The smallest absolute Gasteiger partial charge is 0.252 e. The van der Waals surface area contributed by atoms with E-state index in [-0.39, 0.29) is 12.0 Å². The molecule has 0 unspecified atom stereocenters. The van der Waals surface area contributed by atoms with Gasteiger partial charge in [0.15, 0.2) is 0 Å². The molecule has 1 aromatic carbocycles. The van der Waals surface area contributed by atoms with E-state index in [1.54, 1.807) is 19.9 Å². The molecule has 0 fully saturated rings. The maximum absolute atomic E-state index is 14.1. The second kappa shape index (κ2) is 7.33. The van der Waals surface area contributed by atoms with Gasteiger partial charge in [-0.25, -0.2) is 14.4 Å². The number of nitrogens with one attached hydrogen (secondary N) is 2. The third-order valence-corrected chi connectivity index (χ3v) is 4.27. The minimum atomic E-state index is -0.512. The summed E-state index contributed by atoms with van der Waals surface area (Å²) in [5.74, 6) is -0.528. The number of fused-ring (bicyclic) bond motifs is 1. The van der Waals surface area contributed by atoms with Gasteiger partial charge in [0.05, 0.1) is 23.5 Å². The number of nitrogens with zero attached hydrogens (tertiary/aromatic N) is 3. The molecule has 3 rings (SSSR count). The van der Waals surface area contributed by atoms with Gasteiger partial charge >= 0.3 is 0 Å². The number of aryl methyl sites for hydroxylation is 1. The summed E-state index contributed by atoms with van der Waals surface area (Å²) in [6.07, 6.45) is 2.53. The fourth-order valence-corrected chi connectivity index (χ4v) is 2.88. The van der Waals surface area contributed by atoms with Crippen molar-refractivity contribution < 1.29 is 9.18 Å². The highest BCUT2D eigenvalue weighted by Gasteiger charge is 2.18. The Morgan fingerprint density at radius 1 is 1.37 bits per heavy atom. The Kier molecular flexibility index (Phi) is 4.94. The molecule has 0 aliphatic rings. The first-order valence-electron chi connectivity index (χ1n) is 8.22. The number of carbonyl (C=O) groups excluding carboxylic acids is 1. The topological polar surface area (TPSA) is 112 Å². The molecular weight excluding hydrogens is 349 g/mol. The molecule has 0 aliphatic carbocycles. The van der Waals surface area contributed by atoms with E-state index < -0.39 is 23.3 Å². The summed E-state index contributed by atoms with van der Waals surface area (Å²) < 4.78 is 14.1. The lowest BCUT2D eigenvalue weighted by Crippen LogP contribution is -2.31. The Hall–Kier alpha value is -3.60. The van der Waals surface area contributed by atoms with Gasteiger partial charge in [0.1, 0.15) is 17.7 Å². The number of halogens is 1. The van der Waals surface area contributed by atoms with Crippen LogP contribution in [0.25, 0.3) is 10.9 Å². The molecule has 2 N–H and O–H groups in total. The molecule has 0 saturated heterocycles. The first kappa shape index (κ1) is 18.2. The second-order valence-corrected chi connectivity index (χ2v) is 6.13. The van der Waals surface area contributed by atoms with Gasteiger partial charge in [0, 0.05) is 23.3 Å². The Balaban J connectivity index is 1.82. The lowest BCUT2D eigenvalue weighted by Gasteiger charge is -2.14. The summed E-state index contributed by atoms with van der Waals surface area (Å²) in [7, 11) is 0. The van der Waals surface area contributed by atoms with E-state index in [2.05, 4.69) is 20.3 Å². The monoisotopic (exact) mass is 365 g/mol. The number of nitriles is 1. The van der Waals surface area contributed by atoms with Gasteiger partial charge in [0.2, 0.25) is 5.91 Å². The normalized spacial score (nSPS) is 11.8. The van der Waals surface area contributed by atoms with Crippen molar-refractivity contribution in [1.82, 2.24) is 20.3 Å². The van der Waals surface area contributed by atoms with Crippen LogP contribution in [0.3, 0.4) is 0 Å². The van der Waals surface area contributed by atoms with Gasteiger partial charge in [-0.1, -0.05) is 6.07 Å². The molecule has 0 bridgehead atoms. The Bertz CT molecular complexity index is 1120. The SMILES string of the molecule is Cc1c(CC(=O)N[C@@H](C)c2ncc(C#N)cn2)c(=O)[nH]c2cccc(F)c12. The van der Waals surface area contributed by atoms with Crippen molar-refractivity contribution in [2.45, 2.75) is 26.3 Å². The summed E-state index contributed by atoms with van der Waals surface area (Å²) in [4.78, 5) is 35.4. The number of pyridine rings is 1. The number of hydrogen-bond acceptors (Lipinski definition) is 5. The van der Waals surface area contributed by atoms with Gasteiger partial charge in [0.25, 0.3) is 5.56 Å². The minimum Gasteiger partial charge on any atom is -0.346 e. The molecule has 0 radical (unpaired) electrons. The highest BCUT2D eigenvalue weighted by atomic mass is 19.1. The zero-order valence-corrected chi connectivity index (χ0v) is 14.7. The Labute approximate surface area is 153 Å². The summed E-state index contributed by atoms with van der Waals surface area (Å²) >= 11 is 0. The molecular formula is C19H16FN5O2. The van der Waals surface area contributed by atoms with Crippen molar-refractivity contribution in [2.24, 2.45) is 0 Å². The molecule has 1 amide bonds. The van der Waals surface area contributed by atoms with Crippen LogP contribution in [0.15, 0.2) is 35.4 Å². The highest BCUT2D eigenvalue weighted by Crippen LogP contribution is 2.21. The van der Waals surface area contributed by atoms with Gasteiger partial charge in [-0.2, -0.15) is 5.26 Å². The van der Waals surface area contributed by atoms with Crippen LogP contribution in [-0.2, 0) is 11.2 Å². The first-order valence-corrected chi connectivity index (χ1v) is 8.22. The standard InChI is InChI=1S/C19H16FN5O2/c1-10-13(19(27)25-15-5-3-4-14(20)17(10)15)6-16(26)24-11(2)18-22-8-12(7-21)9-23-18/h3-5,8-9,11H,6H2,1-2H3,(H,24,26)(H,25,27)/t11-/m0/s1. The quantitative estimate of drug-likeness (QED) is 0.735. The van der Waals surface area contributed by atoms with E-state index >= 15 is 0 Å². The molecule has 0 spiro atoms. The summed E-state index contributed by atoms with van der Waals surface area (Å²) in [6.45, 7) is 3.31. The number of benzene rings is 1. The van der Waals surface area contributed by atoms with Crippen molar-refractivity contribution in [3.8, 4) is 6.07 Å². The number of hydrogen-bond donors (Lipinski definition) is 2. The molecule has 2 aromatic heterocycles. The third kappa shape index (κ3) is 3.67. The number of H-pyrrole nitrogens is 1. The molecule has 7 nitrogen and oxygen atoms in total. The molecule has 0 saturated carbocycles. The zero-order chi connectivity index (χ0) is 19.6. The number of amides is 1. The molecule has 2 heterocycles. The van der Waals surface area contributed by atoms with Gasteiger partial charge in [-0.05, 0) is 31.5 Å². The van der Waals surface area contributed by atoms with Crippen LogP contribution < -0.4 is 10.9 Å². The van der Waals surface area contributed by atoms with Crippen molar-refractivity contribution in [2.75, 3.05) is 0 Å². The maximum atomic E-state index is 14.1. The van der Waals surface area contributed by atoms with Gasteiger partial charge in [-0.3, -0.25) is 9.59 Å². The average Bonchev–Trinajstić information content (AvgIpc) is 2.65. The number of carbonyl (C=O) groups is 1. The summed E-state index contributed by atoms with van der Waals surface area (Å²) in [5.41, 5.74) is 0.920. The molecule has 27 heavy (non-hydrogen) atoms. The Morgan fingerprint density at radius 2 is 2.07 bits per heavy atom. The third-order valence-electron chi connectivity index (χ3n) is 4.27. The summed E-state index contributed by atoms with van der Waals surface area (Å²) in [5, 5.41) is 11.8. The lowest BCUT2D eigenvalue weighted by atomic mass is 10.0. The van der Waals surface area contributed by atoms with Crippen LogP contribution >= 0.6 is 0 Å². The molecule has 8 heteroatoms. The Morgan fingerprint density at radius 3 is 2.74 bits per heavy atom. The zero-order valence-electron chi connectivity index (χ0n) is 14.7. The molecule has 1 atom stereocenters. The van der Waals surface area contributed by atoms with Crippen LogP contribution in [0, 0.1) is 24.1 Å². The summed E-state index contributed by atoms with van der Waals surface area (Å²) in [6, 6.07) is 5.84. The van der Waals surface area contributed by atoms with Crippen molar-refractivity contribution >= 4 is 16.8 Å². The maximum Gasteiger partial charge on any atom is 0.252 e. The molecule has 3 aromatic rings. The van der Waals surface area contributed by atoms with E-state index in [1.807, 2.05) is 6.07 Å². The van der Waals surface area contributed by atoms with Gasteiger partial charge < -0.3 is 10.3 Å². The van der Waals surface area contributed by atoms with E-state index in [0.29, 0.717) is 27.9 Å². The first-order chi connectivity index (χ1) is 12.9. The molecule has 136 valence electrons. The highest BCUT2D eigenvalue weighted by molar-refractivity contribution is 5.86.